The molecule has 3 rings (SSSR count). The number of ether oxygens (including phenoxy) is 1. The van der Waals surface area contributed by atoms with Gasteiger partial charge in [0.25, 0.3) is 5.91 Å². The van der Waals surface area contributed by atoms with Crippen molar-refractivity contribution in [2.75, 3.05) is 18.2 Å². The largest absolute Gasteiger partial charge is 0.497 e. The smallest absolute Gasteiger partial charge is 0.272 e. The molecule has 22 heavy (non-hydrogen) atoms. The standard InChI is InChI=1S/C16H14ClN3O2/c1-22-11-3-5-13-9(6-11)7-15(19-13)16(21)20-14-4-2-10(18)8-12(14)17/h2-8,19H,18H2,1H3,(H,20,21). The van der Waals surface area contributed by atoms with Gasteiger partial charge in [0.2, 0.25) is 0 Å². The second-order valence-corrected chi connectivity index (χ2v) is 5.24. The molecule has 5 nitrogen and oxygen atoms in total. The van der Waals surface area contributed by atoms with E-state index in [0.29, 0.717) is 22.1 Å². The van der Waals surface area contributed by atoms with Gasteiger partial charge in [-0.05, 0) is 42.5 Å². The van der Waals surface area contributed by atoms with E-state index in [1.807, 2.05) is 18.2 Å². The highest BCUT2D eigenvalue weighted by atomic mass is 35.5. The van der Waals surface area contributed by atoms with Gasteiger partial charge in [-0.3, -0.25) is 4.79 Å². The van der Waals surface area contributed by atoms with Gasteiger partial charge in [0.15, 0.2) is 0 Å². The molecule has 1 aromatic heterocycles. The van der Waals surface area contributed by atoms with Gasteiger partial charge in [0.1, 0.15) is 11.4 Å². The van der Waals surface area contributed by atoms with Crippen LogP contribution in [0.25, 0.3) is 10.9 Å². The highest BCUT2D eigenvalue weighted by molar-refractivity contribution is 6.34. The predicted octanol–water partition coefficient (Wildman–Crippen LogP) is 3.66. The van der Waals surface area contributed by atoms with Crippen LogP contribution in [-0.4, -0.2) is 18.0 Å². The molecule has 0 unspecified atom stereocenters. The van der Waals surface area contributed by atoms with Gasteiger partial charge in [-0.1, -0.05) is 11.6 Å². The molecule has 0 spiro atoms. The first-order valence-electron chi connectivity index (χ1n) is 6.60. The normalized spacial score (nSPS) is 10.6. The summed E-state index contributed by atoms with van der Waals surface area (Å²) in [4.78, 5) is 15.4. The summed E-state index contributed by atoms with van der Waals surface area (Å²) in [6.07, 6.45) is 0. The van der Waals surface area contributed by atoms with Gasteiger partial charge in [-0.2, -0.15) is 0 Å². The minimum absolute atomic E-state index is 0.276. The number of H-pyrrole nitrogens is 1. The van der Waals surface area contributed by atoms with E-state index in [2.05, 4.69) is 10.3 Å². The van der Waals surface area contributed by atoms with Crippen LogP contribution in [0.1, 0.15) is 10.5 Å². The van der Waals surface area contributed by atoms with Gasteiger partial charge < -0.3 is 20.8 Å². The molecule has 0 fully saturated rings. The molecule has 0 aliphatic heterocycles. The Kier molecular flexibility index (Phi) is 3.65. The molecule has 0 radical (unpaired) electrons. The molecule has 6 heteroatoms. The van der Waals surface area contributed by atoms with Gasteiger partial charge >= 0.3 is 0 Å². The number of nitrogens with two attached hydrogens (primary N) is 1. The molecule has 1 amide bonds. The maximum absolute atomic E-state index is 12.3. The molecule has 1 heterocycles. The quantitative estimate of drug-likeness (QED) is 0.645. The second kappa shape index (κ2) is 5.61. The van der Waals surface area contributed by atoms with Crippen molar-refractivity contribution in [3.63, 3.8) is 0 Å². The number of aromatic nitrogens is 1. The average molecular weight is 316 g/mol. The predicted molar refractivity (Wildman–Crippen MR) is 88.7 cm³/mol. The third kappa shape index (κ3) is 2.71. The number of halogens is 1. The Labute approximate surface area is 132 Å². The molecule has 0 saturated heterocycles. The van der Waals surface area contributed by atoms with Gasteiger partial charge in [-0.25, -0.2) is 0 Å². The number of benzene rings is 2. The number of amides is 1. The molecule has 112 valence electrons. The van der Waals surface area contributed by atoms with E-state index in [-0.39, 0.29) is 5.91 Å². The van der Waals surface area contributed by atoms with E-state index in [1.54, 1.807) is 31.4 Å². The fraction of sp³-hybridized carbons (Fsp3) is 0.0625. The molecule has 0 aliphatic carbocycles. The Morgan fingerprint density at radius 3 is 2.77 bits per heavy atom. The molecular formula is C16H14ClN3O2. The third-order valence-corrected chi connectivity index (χ3v) is 3.63. The number of fused-ring (bicyclic) bond motifs is 1. The van der Waals surface area contributed by atoms with Gasteiger partial charge in [-0.15, -0.1) is 0 Å². The molecule has 4 N–H and O–H groups in total. The van der Waals surface area contributed by atoms with Crippen LogP contribution >= 0.6 is 11.6 Å². The molecule has 0 saturated carbocycles. The van der Waals surface area contributed by atoms with Crippen molar-refractivity contribution in [3.05, 3.63) is 53.2 Å². The zero-order valence-electron chi connectivity index (χ0n) is 11.8. The first-order chi connectivity index (χ1) is 10.6. The number of anilines is 2. The van der Waals surface area contributed by atoms with Crippen LogP contribution in [0.3, 0.4) is 0 Å². The van der Waals surface area contributed by atoms with E-state index in [1.165, 1.54) is 0 Å². The summed E-state index contributed by atoms with van der Waals surface area (Å²) in [7, 11) is 1.60. The Morgan fingerprint density at radius 1 is 1.23 bits per heavy atom. The Bertz CT molecular complexity index is 858. The van der Waals surface area contributed by atoms with Crippen LogP contribution in [-0.2, 0) is 0 Å². The van der Waals surface area contributed by atoms with Crippen molar-refractivity contribution < 1.29 is 9.53 Å². The zero-order chi connectivity index (χ0) is 15.7. The van der Waals surface area contributed by atoms with Crippen molar-refractivity contribution in [3.8, 4) is 5.75 Å². The summed E-state index contributed by atoms with van der Waals surface area (Å²) in [5.41, 5.74) is 7.98. The van der Waals surface area contributed by atoms with Gasteiger partial charge in [0.05, 0.1) is 17.8 Å². The summed E-state index contributed by atoms with van der Waals surface area (Å²) in [6.45, 7) is 0. The van der Waals surface area contributed by atoms with E-state index in [0.717, 1.165) is 16.7 Å². The number of methoxy groups -OCH3 is 1. The monoisotopic (exact) mass is 315 g/mol. The number of nitrogens with one attached hydrogen (secondary N) is 2. The maximum Gasteiger partial charge on any atom is 0.272 e. The van der Waals surface area contributed by atoms with Crippen molar-refractivity contribution >= 4 is 39.8 Å². The second-order valence-electron chi connectivity index (χ2n) is 4.83. The molecular weight excluding hydrogens is 302 g/mol. The fourth-order valence-corrected chi connectivity index (χ4v) is 2.42. The number of aromatic amines is 1. The molecule has 0 atom stereocenters. The summed E-state index contributed by atoms with van der Waals surface area (Å²) < 4.78 is 5.17. The molecule has 2 aromatic carbocycles. The average Bonchev–Trinajstić information content (AvgIpc) is 2.93. The van der Waals surface area contributed by atoms with Crippen LogP contribution in [0.15, 0.2) is 42.5 Å². The zero-order valence-corrected chi connectivity index (χ0v) is 12.6. The highest BCUT2D eigenvalue weighted by Crippen LogP contribution is 2.26. The third-order valence-electron chi connectivity index (χ3n) is 3.31. The van der Waals surface area contributed by atoms with Crippen molar-refractivity contribution in [1.29, 1.82) is 0 Å². The number of nitrogen functional groups attached to an aromatic ring is 1. The Morgan fingerprint density at radius 2 is 2.05 bits per heavy atom. The minimum Gasteiger partial charge on any atom is -0.497 e. The number of carbonyl (C=O) groups is 1. The summed E-state index contributed by atoms with van der Waals surface area (Å²) in [5.74, 6) is 0.460. The SMILES string of the molecule is COc1ccc2[nH]c(C(=O)Nc3ccc(N)cc3Cl)cc2c1. The lowest BCUT2D eigenvalue weighted by Gasteiger charge is -2.06. The molecule has 0 aliphatic rings. The number of hydrogen-bond donors (Lipinski definition) is 3. The van der Waals surface area contributed by atoms with Crippen LogP contribution < -0.4 is 15.8 Å². The number of carbonyl (C=O) groups excluding carboxylic acids is 1. The lowest BCUT2D eigenvalue weighted by atomic mass is 10.2. The summed E-state index contributed by atoms with van der Waals surface area (Å²) >= 11 is 6.06. The topological polar surface area (TPSA) is 80.1 Å². The van der Waals surface area contributed by atoms with E-state index in [4.69, 9.17) is 22.1 Å². The first kappa shape index (κ1) is 14.3. The van der Waals surface area contributed by atoms with Crippen molar-refractivity contribution in [1.82, 2.24) is 4.98 Å². The Balaban J connectivity index is 1.88. The van der Waals surface area contributed by atoms with Crippen molar-refractivity contribution in [2.45, 2.75) is 0 Å². The summed E-state index contributed by atoms with van der Waals surface area (Å²) in [6, 6.07) is 12.3. The van der Waals surface area contributed by atoms with E-state index >= 15 is 0 Å². The molecule has 0 bridgehead atoms. The molecule has 3 aromatic rings. The maximum atomic E-state index is 12.3. The van der Waals surface area contributed by atoms with Crippen LogP contribution in [0.4, 0.5) is 11.4 Å². The van der Waals surface area contributed by atoms with Crippen LogP contribution in [0.2, 0.25) is 5.02 Å². The first-order valence-corrected chi connectivity index (χ1v) is 6.98. The number of rotatable bonds is 3. The summed E-state index contributed by atoms with van der Waals surface area (Å²) in [5, 5.41) is 4.05. The lowest BCUT2D eigenvalue weighted by molar-refractivity contribution is 0.102. The lowest BCUT2D eigenvalue weighted by Crippen LogP contribution is -2.12. The fourth-order valence-electron chi connectivity index (χ4n) is 2.18. The highest BCUT2D eigenvalue weighted by Gasteiger charge is 2.12. The van der Waals surface area contributed by atoms with E-state index in [9.17, 15) is 4.79 Å². The van der Waals surface area contributed by atoms with Crippen LogP contribution in [0, 0.1) is 0 Å². The number of hydrogen-bond acceptors (Lipinski definition) is 3. The van der Waals surface area contributed by atoms with Crippen LogP contribution in [0.5, 0.6) is 5.75 Å². The minimum atomic E-state index is -0.276. The van der Waals surface area contributed by atoms with E-state index < -0.39 is 0 Å². The van der Waals surface area contributed by atoms with Gasteiger partial charge in [0, 0.05) is 16.6 Å². The Hall–Kier alpha value is -2.66. The van der Waals surface area contributed by atoms with Crippen molar-refractivity contribution in [2.24, 2.45) is 0 Å².